The summed E-state index contributed by atoms with van der Waals surface area (Å²) in [6.45, 7) is -0.641. The predicted octanol–water partition coefficient (Wildman–Crippen LogP) is -1.48. The lowest BCUT2D eigenvalue weighted by atomic mass is 10.2. The fourth-order valence-electron chi connectivity index (χ4n) is 1.39. The number of nitrogens with one attached hydrogen (secondary N) is 1. The summed E-state index contributed by atoms with van der Waals surface area (Å²) in [7, 11) is -2.98. The second-order valence-corrected chi connectivity index (χ2v) is 5.68. The Labute approximate surface area is 120 Å². The number of rotatable bonds is 7. The van der Waals surface area contributed by atoms with Crippen LogP contribution < -0.4 is 15.2 Å². The molecular formula is C11H14N2O7S. The number of amides is 1. The second-order valence-electron chi connectivity index (χ2n) is 3.94. The molecule has 0 spiro atoms. The highest BCUT2D eigenvalue weighted by Crippen LogP contribution is 2.24. The average Bonchev–Trinajstić information content (AvgIpc) is 2.43. The molecule has 116 valence electrons. The smallest absolute Gasteiger partial charge is 0.335 e. The number of carboxylic acid groups (broad SMARTS) is 1. The van der Waals surface area contributed by atoms with Gasteiger partial charge in [0.2, 0.25) is 15.9 Å². The van der Waals surface area contributed by atoms with Gasteiger partial charge in [-0.15, -0.1) is 0 Å². The predicted molar refractivity (Wildman–Crippen MR) is 70.3 cm³/mol. The van der Waals surface area contributed by atoms with Gasteiger partial charge in [-0.3, -0.25) is 4.79 Å². The molecule has 1 aromatic rings. The molecule has 0 aliphatic carbocycles. The Balaban J connectivity index is 3.14. The molecule has 0 bridgehead atoms. The van der Waals surface area contributed by atoms with Crippen molar-refractivity contribution in [2.75, 3.05) is 13.7 Å². The van der Waals surface area contributed by atoms with Crippen LogP contribution in [0.5, 0.6) is 5.75 Å². The van der Waals surface area contributed by atoms with Gasteiger partial charge in [-0.05, 0) is 18.2 Å². The van der Waals surface area contributed by atoms with Crippen molar-refractivity contribution in [1.82, 2.24) is 4.72 Å². The first-order valence-electron chi connectivity index (χ1n) is 5.57. The molecule has 0 aliphatic heterocycles. The van der Waals surface area contributed by atoms with Crippen molar-refractivity contribution < 1.29 is 33.0 Å². The van der Waals surface area contributed by atoms with E-state index in [1.807, 2.05) is 4.72 Å². The molecule has 0 aliphatic rings. The molecule has 0 saturated heterocycles. The summed E-state index contributed by atoms with van der Waals surface area (Å²) >= 11 is 0. The number of ether oxygens (including phenoxy) is 1. The molecule has 0 saturated carbocycles. The van der Waals surface area contributed by atoms with Crippen LogP contribution in [0.4, 0.5) is 0 Å². The highest BCUT2D eigenvalue weighted by Gasteiger charge is 2.23. The lowest BCUT2D eigenvalue weighted by molar-refractivity contribution is -0.125. The summed E-state index contributed by atoms with van der Waals surface area (Å²) in [6, 6.07) is 3.27. The van der Waals surface area contributed by atoms with Crippen molar-refractivity contribution in [2.24, 2.45) is 5.73 Å². The number of hydrogen-bond acceptors (Lipinski definition) is 6. The average molecular weight is 318 g/mol. The van der Waals surface area contributed by atoms with Crippen molar-refractivity contribution in [1.29, 1.82) is 0 Å². The summed E-state index contributed by atoms with van der Waals surface area (Å²) < 4.78 is 30.9. The van der Waals surface area contributed by atoms with Crippen LogP contribution in [0.15, 0.2) is 23.1 Å². The standard InChI is InChI=1S/C11H14N2O7S/c1-20-8-3-2-6(11(16)17)4-9(8)21(18,19)13-5-7(14)10(12)15/h2-4,7,13-14H,5H2,1H3,(H2,12,15)(H,16,17). The molecule has 5 N–H and O–H groups in total. The second kappa shape index (κ2) is 6.52. The number of benzene rings is 1. The summed E-state index contributed by atoms with van der Waals surface area (Å²) in [5.74, 6) is -2.49. The number of carbonyl (C=O) groups is 2. The van der Waals surface area contributed by atoms with Gasteiger partial charge >= 0.3 is 5.97 Å². The van der Waals surface area contributed by atoms with Gasteiger partial charge in [0.05, 0.1) is 12.7 Å². The lowest BCUT2D eigenvalue weighted by Crippen LogP contribution is -2.40. The van der Waals surface area contributed by atoms with Crippen molar-refractivity contribution in [3.63, 3.8) is 0 Å². The molecule has 1 amide bonds. The van der Waals surface area contributed by atoms with Gasteiger partial charge in [0, 0.05) is 6.54 Å². The Morgan fingerprint density at radius 2 is 2.05 bits per heavy atom. The maximum Gasteiger partial charge on any atom is 0.335 e. The van der Waals surface area contributed by atoms with E-state index in [0.717, 1.165) is 6.07 Å². The van der Waals surface area contributed by atoms with Crippen molar-refractivity contribution >= 4 is 21.9 Å². The third-order valence-corrected chi connectivity index (χ3v) is 3.94. The van der Waals surface area contributed by atoms with E-state index in [2.05, 4.69) is 0 Å². The van der Waals surface area contributed by atoms with Crippen LogP contribution in [-0.4, -0.2) is 50.3 Å². The third-order valence-electron chi connectivity index (χ3n) is 2.50. The number of hydrogen-bond donors (Lipinski definition) is 4. The van der Waals surface area contributed by atoms with E-state index in [4.69, 9.17) is 15.6 Å². The summed E-state index contributed by atoms with van der Waals surface area (Å²) in [5, 5.41) is 18.1. The first kappa shape index (κ1) is 16.9. The molecule has 0 aromatic heterocycles. The molecule has 1 rings (SSSR count). The summed E-state index contributed by atoms with van der Waals surface area (Å²) in [5.41, 5.74) is 4.54. The van der Waals surface area contributed by atoms with Crippen molar-refractivity contribution in [3.05, 3.63) is 23.8 Å². The number of sulfonamides is 1. The lowest BCUT2D eigenvalue weighted by Gasteiger charge is -2.12. The normalized spacial score (nSPS) is 12.7. The Kier molecular flexibility index (Phi) is 5.24. The monoisotopic (exact) mass is 318 g/mol. The van der Waals surface area contributed by atoms with E-state index in [0.29, 0.717) is 0 Å². The van der Waals surface area contributed by atoms with Crippen LogP contribution in [-0.2, 0) is 14.8 Å². The number of carboxylic acids is 1. The number of nitrogens with two attached hydrogens (primary N) is 1. The number of methoxy groups -OCH3 is 1. The Hall–Kier alpha value is -2.17. The Bertz CT molecular complexity index is 657. The van der Waals surface area contributed by atoms with Gasteiger partial charge in [-0.25, -0.2) is 17.9 Å². The number of aromatic carboxylic acids is 1. The van der Waals surface area contributed by atoms with Gasteiger partial charge in [-0.2, -0.15) is 0 Å². The van der Waals surface area contributed by atoms with Crippen LogP contribution in [0.1, 0.15) is 10.4 Å². The van der Waals surface area contributed by atoms with E-state index >= 15 is 0 Å². The maximum atomic E-state index is 12.1. The van der Waals surface area contributed by atoms with Crippen LogP contribution in [0.2, 0.25) is 0 Å². The molecule has 9 nitrogen and oxygen atoms in total. The molecule has 0 radical (unpaired) electrons. The summed E-state index contributed by atoms with van der Waals surface area (Å²) in [4.78, 5) is 21.1. The fourth-order valence-corrected chi connectivity index (χ4v) is 2.62. The first-order valence-corrected chi connectivity index (χ1v) is 7.05. The van der Waals surface area contributed by atoms with Crippen LogP contribution in [0.3, 0.4) is 0 Å². The van der Waals surface area contributed by atoms with E-state index < -0.39 is 39.4 Å². The Morgan fingerprint density at radius 1 is 1.43 bits per heavy atom. The molecule has 1 unspecified atom stereocenters. The van der Waals surface area contributed by atoms with Crippen LogP contribution in [0.25, 0.3) is 0 Å². The number of aliphatic hydroxyl groups is 1. The van der Waals surface area contributed by atoms with Crippen molar-refractivity contribution in [2.45, 2.75) is 11.0 Å². The van der Waals surface area contributed by atoms with Crippen LogP contribution in [0, 0.1) is 0 Å². The number of primary amides is 1. The highest BCUT2D eigenvalue weighted by molar-refractivity contribution is 7.89. The number of carbonyl (C=O) groups excluding carboxylic acids is 1. The van der Waals surface area contributed by atoms with Gasteiger partial charge in [-0.1, -0.05) is 0 Å². The van der Waals surface area contributed by atoms with Crippen LogP contribution >= 0.6 is 0 Å². The minimum absolute atomic E-state index is 0.0823. The van der Waals surface area contributed by atoms with Gasteiger partial charge in [0.25, 0.3) is 0 Å². The molecular weight excluding hydrogens is 304 g/mol. The van der Waals surface area contributed by atoms with Gasteiger partial charge in [0.15, 0.2) is 0 Å². The topological polar surface area (TPSA) is 156 Å². The van der Waals surface area contributed by atoms with E-state index in [9.17, 15) is 23.1 Å². The van der Waals surface area contributed by atoms with Gasteiger partial charge in [0.1, 0.15) is 16.7 Å². The zero-order valence-corrected chi connectivity index (χ0v) is 11.8. The number of aliphatic hydroxyl groups excluding tert-OH is 1. The third kappa shape index (κ3) is 4.15. The van der Waals surface area contributed by atoms with Crippen molar-refractivity contribution in [3.8, 4) is 5.75 Å². The van der Waals surface area contributed by atoms with E-state index in [-0.39, 0.29) is 11.3 Å². The molecule has 1 atom stereocenters. The fraction of sp³-hybridized carbons (Fsp3) is 0.273. The molecule has 0 heterocycles. The molecule has 10 heteroatoms. The molecule has 21 heavy (non-hydrogen) atoms. The zero-order valence-electron chi connectivity index (χ0n) is 10.9. The minimum atomic E-state index is -4.19. The zero-order chi connectivity index (χ0) is 16.2. The van der Waals surface area contributed by atoms with E-state index in [1.54, 1.807) is 0 Å². The first-order chi connectivity index (χ1) is 9.69. The maximum absolute atomic E-state index is 12.1. The highest BCUT2D eigenvalue weighted by atomic mass is 32.2. The van der Waals surface area contributed by atoms with E-state index in [1.165, 1.54) is 19.2 Å². The quantitative estimate of drug-likeness (QED) is 0.477. The SMILES string of the molecule is COc1ccc(C(=O)O)cc1S(=O)(=O)NCC(O)C(N)=O. The largest absolute Gasteiger partial charge is 0.495 e. The molecule has 1 aromatic carbocycles. The molecule has 0 fully saturated rings. The minimum Gasteiger partial charge on any atom is -0.495 e. The Morgan fingerprint density at radius 3 is 2.52 bits per heavy atom. The summed E-state index contributed by atoms with van der Waals surface area (Å²) in [6.07, 6.45) is -1.70. The van der Waals surface area contributed by atoms with Gasteiger partial charge < -0.3 is 20.7 Å².